The highest BCUT2D eigenvalue weighted by Crippen LogP contribution is 2.22. The van der Waals surface area contributed by atoms with Crippen LogP contribution in [-0.2, 0) is 10.0 Å². The molecule has 0 aliphatic carbocycles. The molecule has 162 valence electrons. The number of nitrogens with one attached hydrogen (secondary N) is 1. The molecule has 2 aromatic rings. The fourth-order valence-electron chi connectivity index (χ4n) is 3.81. The molecule has 0 spiro atoms. The average Bonchev–Trinajstić information content (AvgIpc) is 2.77. The fourth-order valence-corrected chi connectivity index (χ4v) is 5.03. The molecule has 1 aliphatic rings. The lowest BCUT2D eigenvalue weighted by Crippen LogP contribution is -2.36. The highest BCUT2D eigenvalue weighted by molar-refractivity contribution is 7.92. The smallest absolute Gasteiger partial charge is 0.264 e. The maximum Gasteiger partial charge on any atom is 0.264 e. The molecule has 2 aromatic carbocycles. The number of hydrogen-bond donors (Lipinski definition) is 1. The van der Waals surface area contributed by atoms with Gasteiger partial charge in [0.1, 0.15) is 0 Å². The van der Waals surface area contributed by atoms with Crippen molar-refractivity contribution in [3.8, 4) is 0 Å². The second kappa shape index (κ2) is 10.1. The number of benzene rings is 2. The maximum atomic E-state index is 12.7. The van der Waals surface area contributed by atoms with Crippen LogP contribution in [0.25, 0.3) is 0 Å². The van der Waals surface area contributed by atoms with Crippen molar-refractivity contribution < 1.29 is 13.2 Å². The van der Waals surface area contributed by atoms with E-state index < -0.39 is 10.0 Å². The third kappa shape index (κ3) is 5.61. The van der Waals surface area contributed by atoms with Gasteiger partial charge in [0.15, 0.2) is 0 Å². The fraction of sp³-hybridized carbons (Fsp3) is 0.435. The van der Waals surface area contributed by atoms with E-state index in [1.54, 1.807) is 54.6 Å². The van der Waals surface area contributed by atoms with E-state index in [2.05, 4.69) is 17.1 Å². The number of likely N-dealkylation sites (tertiary alicyclic amines) is 1. The number of carbonyl (C=O) groups is 1. The molecule has 0 aromatic heterocycles. The zero-order valence-electron chi connectivity index (χ0n) is 17.8. The molecule has 1 heterocycles. The molecule has 7 heteroatoms. The van der Waals surface area contributed by atoms with Crippen LogP contribution in [-0.4, -0.2) is 52.5 Å². The molecule has 1 fully saturated rings. The van der Waals surface area contributed by atoms with Gasteiger partial charge in [0.25, 0.3) is 15.9 Å². The first kappa shape index (κ1) is 22.3. The minimum atomic E-state index is -3.63. The van der Waals surface area contributed by atoms with Crippen molar-refractivity contribution in [2.75, 3.05) is 37.5 Å². The molecular formula is C23H31N3O3S. The van der Waals surface area contributed by atoms with Crippen LogP contribution in [0.15, 0.2) is 59.5 Å². The summed E-state index contributed by atoms with van der Waals surface area (Å²) < 4.78 is 26.7. The summed E-state index contributed by atoms with van der Waals surface area (Å²) >= 11 is 0. The monoisotopic (exact) mass is 429 g/mol. The summed E-state index contributed by atoms with van der Waals surface area (Å²) in [5.74, 6) is 0.623. The van der Waals surface area contributed by atoms with Crippen molar-refractivity contribution in [2.24, 2.45) is 5.92 Å². The lowest BCUT2D eigenvalue weighted by molar-refractivity contribution is 0.0950. The number of nitrogens with zero attached hydrogens (tertiary/aromatic N) is 2. The number of sulfonamides is 1. The zero-order chi connectivity index (χ0) is 21.6. The van der Waals surface area contributed by atoms with Crippen molar-refractivity contribution in [3.05, 3.63) is 60.2 Å². The van der Waals surface area contributed by atoms with Gasteiger partial charge in [-0.3, -0.25) is 9.10 Å². The summed E-state index contributed by atoms with van der Waals surface area (Å²) in [6.07, 6.45) is 3.49. The van der Waals surface area contributed by atoms with E-state index in [0.29, 0.717) is 17.8 Å². The molecular weight excluding hydrogens is 398 g/mol. The topological polar surface area (TPSA) is 69.7 Å². The summed E-state index contributed by atoms with van der Waals surface area (Å²) in [6, 6.07) is 14.9. The van der Waals surface area contributed by atoms with E-state index in [-0.39, 0.29) is 10.8 Å². The van der Waals surface area contributed by atoms with Gasteiger partial charge in [-0.1, -0.05) is 25.1 Å². The van der Waals surface area contributed by atoms with Gasteiger partial charge in [0, 0.05) is 25.7 Å². The molecule has 0 unspecified atom stereocenters. The van der Waals surface area contributed by atoms with Gasteiger partial charge in [-0.25, -0.2) is 8.42 Å². The van der Waals surface area contributed by atoms with Crippen LogP contribution in [0.5, 0.6) is 0 Å². The SMILES string of the molecule is C[C@H]1CCCN(CCCNC(=O)c2ccc(N(C)S(=O)(=O)c3ccccc3)cc2)C1. The van der Waals surface area contributed by atoms with Crippen molar-refractivity contribution in [3.63, 3.8) is 0 Å². The number of carbonyl (C=O) groups excluding carboxylic acids is 1. The Morgan fingerprint density at radius 2 is 1.83 bits per heavy atom. The molecule has 0 bridgehead atoms. The minimum absolute atomic E-state index is 0.137. The second-order valence-electron chi connectivity index (χ2n) is 7.99. The molecule has 0 radical (unpaired) electrons. The molecule has 3 rings (SSSR count). The van der Waals surface area contributed by atoms with E-state index in [4.69, 9.17) is 0 Å². The van der Waals surface area contributed by atoms with Crippen LogP contribution in [0.4, 0.5) is 5.69 Å². The highest BCUT2D eigenvalue weighted by atomic mass is 32.2. The summed E-state index contributed by atoms with van der Waals surface area (Å²) in [4.78, 5) is 15.1. The Kier molecular flexibility index (Phi) is 7.50. The summed E-state index contributed by atoms with van der Waals surface area (Å²) in [6.45, 7) is 6.23. The van der Waals surface area contributed by atoms with Crippen LogP contribution in [0, 0.1) is 5.92 Å². The number of hydrogen-bond acceptors (Lipinski definition) is 4. The molecule has 1 aliphatic heterocycles. The van der Waals surface area contributed by atoms with Gasteiger partial charge in [0.05, 0.1) is 10.6 Å². The quantitative estimate of drug-likeness (QED) is 0.653. The molecule has 30 heavy (non-hydrogen) atoms. The molecule has 0 saturated carbocycles. The van der Waals surface area contributed by atoms with Crippen molar-refractivity contribution >= 4 is 21.6 Å². The minimum Gasteiger partial charge on any atom is -0.352 e. The lowest BCUT2D eigenvalue weighted by atomic mass is 10.0. The third-order valence-corrected chi connectivity index (χ3v) is 7.37. The summed E-state index contributed by atoms with van der Waals surface area (Å²) in [7, 11) is -2.12. The Hall–Kier alpha value is -2.38. The van der Waals surface area contributed by atoms with Crippen LogP contribution in [0.2, 0.25) is 0 Å². The lowest BCUT2D eigenvalue weighted by Gasteiger charge is -2.30. The molecule has 1 N–H and O–H groups in total. The predicted octanol–water partition coefficient (Wildman–Crippen LogP) is 3.36. The highest BCUT2D eigenvalue weighted by Gasteiger charge is 2.21. The van der Waals surface area contributed by atoms with Crippen LogP contribution in [0.1, 0.15) is 36.5 Å². The average molecular weight is 430 g/mol. The molecule has 1 amide bonds. The predicted molar refractivity (Wildman–Crippen MR) is 120 cm³/mol. The van der Waals surface area contributed by atoms with Crippen LogP contribution in [0.3, 0.4) is 0 Å². The number of anilines is 1. The normalized spacial score (nSPS) is 17.5. The first-order chi connectivity index (χ1) is 14.4. The van der Waals surface area contributed by atoms with Gasteiger partial charge >= 0.3 is 0 Å². The van der Waals surface area contributed by atoms with Gasteiger partial charge in [-0.15, -0.1) is 0 Å². The van der Waals surface area contributed by atoms with Crippen molar-refractivity contribution in [1.29, 1.82) is 0 Å². The first-order valence-corrected chi connectivity index (χ1v) is 12.0. The standard InChI is InChI=1S/C23H31N3O3S/c1-19-8-6-16-26(18-19)17-7-15-24-23(27)20-11-13-21(14-12-20)25(2)30(28,29)22-9-4-3-5-10-22/h3-5,9-14,19H,6-8,15-18H2,1-2H3,(H,24,27)/t19-/m0/s1. The number of piperidine rings is 1. The Labute approximate surface area is 179 Å². The Balaban J connectivity index is 1.51. The van der Waals surface area contributed by atoms with Crippen LogP contribution < -0.4 is 9.62 Å². The van der Waals surface area contributed by atoms with E-state index in [9.17, 15) is 13.2 Å². The van der Waals surface area contributed by atoms with E-state index in [1.165, 1.54) is 24.2 Å². The van der Waals surface area contributed by atoms with E-state index in [0.717, 1.165) is 32.0 Å². The molecule has 1 saturated heterocycles. The third-order valence-electron chi connectivity index (χ3n) is 5.57. The summed E-state index contributed by atoms with van der Waals surface area (Å²) in [5.41, 5.74) is 1.03. The number of amides is 1. The van der Waals surface area contributed by atoms with E-state index >= 15 is 0 Å². The van der Waals surface area contributed by atoms with Gasteiger partial charge in [-0.2, -0.15) is 0 Å². The van der Waals surface area contributed by atoms with E-state index in [1.807, 2.05) is 0 Å². The second-order valence-corrected chi connectivity index (χ2v) is 9.96. The van der Waals surface area contributed by atoms with Crippen molar-refractivity contribution in [1.82, 2.24) is 10.2 Å². The largest absolute Gasteiger partial charge is 0.352 e. The van der Waals surface area contributed by atoms with Crippen LogP contribution >= 0.6 is 0 Å². The number of rotatable bonds is 8. The maximum absolute atomic E-state index is 12.7. The van der Waals surface area contributed by atoms with Gasteiger partial charge < -0.3 is 10.2 Å². The molecule has 1 atom stereocenters. The Bertz CT molecular complexity index is 930. The molecule has 6 nitrogen and oxygen atoms in total. The summed E-state index contributed by atoms with van der Waals surface area (Å²) in [5, 5.41) is 2.96. The van der Waals surface area contributed by atoms with Gasteiger partial charge in [0.2, 0.25) is 0 Å². The zero-order valence-corrected chi connectivity index (χ0v) is 18.6. The Morgan fingerprint density at radius 3 is 2.50 bits per heavy atom. The van der Waals surface area contributed by atoms with Crippen molar-refractivity contribution in [2.45, 2.75) is 31.1 Å². The van der Waals surface area contributed by atoms with Gasteiger partial charge in [-0.05, 0) is 74.7 Å². The first-order valence-electron chi connectivity index (χ1n) is 10.5. The Morgan fingerprint density at radius 1 is 1.13 bits per heavy atom.